The summed E-state index contributed by atoms with van der Waals surface area (Å²) in [6.07, 6.45) is 1.00. The van der Waals surface area contributed by atoms with Crippen LogP contribution in [-0.4, -0.2) is 19.0 Å². The SMILES string of the molecule is CNc1ccc(C(=O)NC(C)CC(C)C)cc1. The van der Waals surface area contributed by atoms with Crippen LogP contribution in [0.2, 0.25) is 0 Å². The minimum atomic E-state index is 0.000744. The Labute approximate surface area is 104 Å². The molecule has 0 fully saturated rings. The first-order valence-electron chi connectivity index (χ1n) is 6.11. The van der Waals surface area contributed by atoms with Crippen molar-refractivity contribution in [3.63, 3.8) is 0 Å². The molecule has 0 saturated carbocycles. The molecule has 3 heteroatoms. The van der Waals surface area contributed by atoms with Crippen molar-refractivity contribution < 1.29 is 4.79 Å². The Morgan fingerprint density at radius 1 is 1.18 bits per heavy atom. The van der Waals surface area contributed by atoms with Crippen molar-refractivity contribution in [1.29, 1.82) is 0 Å². The number of amides is 1. The van der Waals surface area contributed by atoms with Crippen molar-refractivity contribution in [2.75, 3.05) is 12.4 Å². The fourth-order valence-electron chi connectivity index (χ4n) is 1.86. The molecule has 3 nitrogen and oxygen atoms in total. The quantitative estimate of drug-likeness (QED) is 0.822. The number of carbonyl (C=O) groups excluding carboxylic acids is 1. The lowest BCUT2D eigenvalue weighted by Crippen LogP contribution is -2.33. The number of hydrogen-bond donors (Lipinski definition) is 2. The van der Waals surface area contributed by atoms with E-state index in [1.807, 2.05) is 38.2 Å². The molecule has 0 saturated heterocycles. The molecule has 17 heavy (non-hydrogen) atoms. The first kappa shape index (κ1) is 13.6. The zero-order valence-corrected chi connectivity index (χ0v) is 11.1. The van der Waals surface area contributed by atoms with Crippen LogP contribution in [0.4, 0.5) is 5.69 Å². The number of hydrogen-bond acceptors (Lipinski definition) is 2. The Morgan fingerprint density at radius 2 is 1.76 bits per heavy atom. The van der Waals surface area contributed by atoms with Crippen LogP contribution in [0.3, 0.4) is 0 Å². The minimum Gasteiger partial charge on any atom is -0.388 e. The molecule has 2 N–H and O–H groups in total. The van der Waals surface area contributed by atoms with Crippen LogP contribution < -0.4 is 10.6 Å². The maximum atomic E-state index is 11.9. The molecule has 1 unspecified atom stereocenters. The molecular weight excluding hydrogens is 212 g/mol. The number of anilines is 1. The summed E-state index contributed by atoms with van der Waals surface area (Å²) in [7, 11) is 1.86. The van der Waals surface area contributed by atoms with Gasteiger partial charge in [0.15, 0.2) is 0 Å². The van der Waals surface area contributed by atoms with Crippen molar-refractivity contribution >= 4 is 11.6 Å². The van der Waals surface area contributed by atoms with Crippen molar-refractivity contribution in [3.05, 3.63) is 29.8 Å². The molecule has 0 radical (unpaired) electrons. The number of nitrogens with one attached hydrogen (secondary N) is 2. The summed E-state index contributed by atoms with van der Waals surface area (Å²) in [5, 5.41) is 6.03. The van der Waals surface area contributed by atoms with Crippen LogP contribution in [0.1, 0.15) is 37.6 Å². The van der Waals surface area contributed by atoms with E-state index in [0.29, 0.717) is 11.5 Å². The van der Waals surface area contributed by atoms with Gasteiger partial charge < -0.3 is 10.6 Å². The molecule has 0 aromatic heterocycles. The molecule has 1 amide bonds. The maximum absolute atomic E-state index is 11.9. The summed E-state index contributed by atoms with van der Waals surface area (Å²) in [6.45, 7) is 6.36. The predicted octanol–water partition coefficient (Wildman–Crippen LogP) is 2.89. The fourth-order valence-corrected chi connectivity index (χ4v) is 1.86. The van der Waals surface area contributed by atoms with Crippen molar-refractivity contribution in [2.24, 2.45) is 5.92 Å². The lowest BCUT2D eigenvalue weighted by atomic mass is 10.0. The van der Waals surface area contributed by atoms with E-state index < -0.39 is 0 Å². The summed E-state index contributed by atoms with van der Waals surface area (Å²) < 4.78 is 0. The maximum Gasteiger partial charge on any atom is 0.251 e. The van der Waals surface area contributed by atoms with Gasteiger partial charge in [0.1, 0.15) is 0 Å². The minimum absolute atomic E-state index is 0.000744. The summed E-state index contributed by atoms with van der Waals surface area (Å²) in [6, 6.07) is 7.70. The van der Waals surface area contributed by atoms with Crippen LogP contribution in [0, 0.1) is 5.92 Å². The zero-order chi connectivity index (χ0) is 12.8. The van der Waals surface area contributed by atoms with Gasteiger partial charge in [-0.3, -0.25) is 4.79 Å². The normalized spacial score (nSPS) is 12.3. The van der Waals surface area contributed by atoms with Gasteiger partial charge in [-0.05, 0) is 43.5 Å². The highest BCUT2D eigenvalue weighted by atomic mass is 16.1. The van der Waals surface area contributed by atoms with Crippen molar-refractivity contribution in [3.8, 4) is 0 Å². The molecule has 1 atom stereocenters. The van der Waals surface area contributed by atoms with Crippen molar-refractivity contribution in [1.82, 2.24) is 5.32 Å². The van der Waals surface area contributed by atoms with Gasteiger partial charge in [-0.15, -0.1) is 0 Å². The van der Waals surface area contributed by atoms with Crippen molar-refractivity contribution in [2.45, 2.75) is 33.2 Å². The lowest BCUT2D eigenvalue weighted by Gasteiger charge is -2.16. The summed E-state index contributed by atoms with van der Waals surface area (Å²) in [5.74, 6) is 0.595. The second-order valence-electron chi connectivity index (χ2n) is 4.83. The Bertz CT molecular complexity index is 357. The molecule has 94 valence electrons. The van der Waals surface area contributed by atoms with E-state index in [-0.39, 0.29) is 11.9 Å². The zero-order valence-electron chi connectivity index (χ0n) is 11.1. The Morgan fingerprint density at radius 3 is 2.24 bits per heavy atom. The molecular formula is C14H22N2O. The molecule has 0 aliphatic carbocycles. The third-order valence-corrected chi connectivity index (χ3v) is 2.64. The van der Waals surface area contributed by atoms with Gasteiger partial charge in [0.05, 0.1) is 0 Å². The molecule has 1 rings (SSSR count). The molecule has 0 aliphatic rings. The van der Waals surface area contributed by atoms with Gasteiger partial charge in [-0.2, -0.15) is 0 Å². The van der Waals surface area contributed by atoms with E-state index in [1.165, 1.54) is 0 Å². The highest BCUT2D eigenvalue weighted by Crippen LogP contribution is 2.09. The van der Waals surface area contributed by atoms with Crippen LogP contribution in [0.25, 0.3) is 0 Å². The highest BCUT2D eigenvalue weighted by molar-refractivity contribution is 5.94. The second-order valence-corrected chi connectivity index (χ2v) is 4.83. The fraction of sp³-hybridized carbons (Fsp3) is 0.500. The van der Waals surface area contributed by atoms with Gasteiger partial charge >= 0.3 is 0 Å². The second kappa shape index (κ2) is 6.28. The lowest BCUT2D eigenvalue weighted by molar-refractivity contribution is 0.0936. The third-order valence-electron chi connectivity index (χ3n) is 2.64. The number of carbonyl (C=O) groups is 1. The topological polar surface area (TPSA) is 41.1 Å². The van der Waals surface area contributed by atoms with Crippen LogP contribution in [0.15, 0.2) is 24.3 Å². The molecule has 0 heterocycles. The Kier molecular flexibility index (Phi) is 5.01. The predicted molar refractivity (Wildman–Crippen MR) is 72.4 cm³/mol. The monoisotopic (exact) mass is 234 g/mol. The van der Waals surface area contributed by atoms with E-state index in [2.05, 4.69) is 24.5 Å². The molecule has 0 aliphatic heterocycles. The Balaban J connectivity index is 2.57. The van der Waals surface area contributed by atoms with Gasteiger partial charge in [0.25, 0.3) is 5.91 Å². The number of rotatable bonds is 5. The number of benzene rings is 1. The molecule has 1 aromatic carbocycles. The van der Waals surface area contributed by atoms with Gasteiger partial charge in [0, 0.05) is 24.3 Å². The van der Waals surface area contributed by atoms with E-state index in [4.69, 9.17) is 0 Å². The highest BCUT2D eigenvalue weighted by Gasteiger charge is 2.10. The van der Waals surface area contributed by atoms with Gasteiger partial charge in [-0.25, -0.2) is 0 Å². The first-order chi connectivity index (χ1) is 8.02. The van der Waals surface area contributed by atoms with Crippen LogP contribution >= 0.6 is 0 Å². The van der Waals surface area contributed by atoms with E-state index in [1.54, 1.807) is 0 Å². The first-order valence-corrected chi connectivity index (χ1v) is 6.11. The van der Waals surface area contributed by atoms with Gasteiger partial charge in [-0.1, -0.05) is 13.8 Å². The van der Waals surface area contributed by atoms with Gasteiger partial charge in [0.2, 0.25) is 0 Å². The molecule has 0 bridgehead atoms. The van der Waals surface area contributed by atoms with E-state index in [0.717, 1.165) is 12.1 Å². The van der Waals surface area contributed by atoms with E-state index >= 15 is 0 Å². The average Bonchev–Trinajstić information content (AvgIpc) is 2.28. The average molecular weight is 234 g/mol. The molecule has 1 aromatic rings. The Hall–Kier alpha value is -1.51. The summed E-state index contributed by atoms with van der Waals surface area (Å²) in [5.41, 5.74) is 1.72. The largest absolute Gasteiger partial charge is 0.388 e. The standard InChI is InChI=1S/C14H22N2O/c1-10(2)9-11(3)16-14(17)12-5-7-13(15-4)8-6-12/h5-8,10-11,15H,9H2,1-4H3,(H,16,17). The molecule has 0 spiro atoms. The summed E-state index contributed by atoms with van der Waals surface area (Å²) in [4.78, 5) is 11.9. The van der Waals surface area contributed by atoms with Crippen LogP contribution in [-0.2, 0) is 0 Å². The third kappa shape index (κ3) is 4.47. The van der Waals surface area contributed by atoms with E-state index in [9.17, 15) is 4.79 Å². The summed E-state index contributed by atoms with van der Waals surface area (Å²) >= 11 is 0. The smallest absolute Gasteiger partial charge is 0.251 e. The van der Waals surface area contributed by atoms with Crippen LogP contribution in [0.5, 0.6) is 0 Å².